The summed E-state index contributed by atoms with van der Waals surface area (Å²) in [5.41, 5.74) is 6.12. The van der Waals surface area contributed by atoms with Crippen LogP contribution < -0.4 is 5.73 Å². The molecule has 0 bridgehead atoms. The molecule has 0 aromatic heterocycles. The minimum absolute atomic E-state index is 0.0616. The molecule has 0 heterocycles. The second-order valence-electron chi connectivity index (χ2n) is 3.69. The molecule has 0 unspecified atom stereocenters. The van der Waals surface area contributed by atoms with E-state index in [1.807, 2.05) is 30.3 Å². The van der Waals surface area contributed by atoms with E-state index in [1.54, 1.807) is 0 Å². The lowest BCUT2D eigenvalue weighted by atomic mass is 10.3. The molecule has 0 radical (unpaired) electrons. The lowest BCUT2D eigenvalue weighted by Gasteiger charge is -1.95. The van der Waals surface area contributed by atoms with Crippen LogP contribution in [-0.4, -0.2) is 21.4 Å². The summed E-state index contributed by atoms with van der Waals surface area (Å²) in [4.78, 5) is -0.399. The quantitative estimate of drug-likeness (QED) is 0.640. The highest BCUT2D eigenvalue weighted by atomic mass is 32.2. The average molecular weight is 328 g/mol. The highest BCUT2D eigenvalue weighted by Crippen LogP contribution is 2.17. The Kier molecular flexibility index (Phi) is 6.03. The van der Waals surface area contributed by atoms with Gasteiger partial charge in [-0.15, -0.1) is 4.36 Å². The van der Waals surface area contributed by atoms with Crippen LogP contribution in [0.2, 0.25) is 0 Å². The number of benzene rings is 2. The van der Waals surface area contributed by atoms with Crippen LogP contribution in [0.15, 0.2) is 63.9 Å². The zero-order valence-corrected chi connectivity index (χ0v) is 12.3. The van der Waals surface area contributed by atoms with Gasteiger partial charge in [-0.05, 0) is 30.3 Å². The third-order valence-corrected chi connectivity index (χ3v) is 3.30. The van der Waals surface area contributed by atoms with Gasteiger partial charge < -0.3 is 5.73 Å². The number of nitrogen functional groups attached to an aromatic ring is 1. The molecular formula is C12H12N2O5S2. The Labute approximate surface area is 123 Å². The maximum atomic E-state index is 10.6. The Morgan fingerprint density at radius 2 is 1.62 bits per heavy atom. The Hall–Kier alpha value is -2.23. The third kappa shape index (κ3) is 6.65. The van der Waals surface area contributed by atoms with E-state index in [0.717, 1.165) is 17.8 Å². The molecule has 7 nitrogen and oxygen atoms in total. The Balaban J connectivity index is 0.000000262. The first kappa shape index (κ1) is 16.8. The molecule has 2 aromatic rings. The molecule has 0 aliphatic heterocycles. The van der Waals surface area contributed by atoms with E-state index >= 15 is 0 Å². The number of hydrogen-bond acceptors (Lipinski definition) is 6. The van der Waals surface area contributed by atoms with E-state index in [2.05, 4.69) is 4.36 Å². The summed E-state index contributed by atoms with van der Waals surface area (Å²) >= 11 is 0. The van der Waals surface area contributed by atoms with Gasteiger partial charge in [-0.25, -0.2) is 0 Å². The maximum Gasteiger partial charge on any atom is 0.316 e. The molecule has 0 atom stereocenters. The maximum absolute atomic E-state index is 10.6. The minimum Gasteiger partial charge on any atom is -0.399 e. The molecule has 0 saturated carbocycles. The van der Waals surface area contributed by atoms with Crippen LogP contribution >= 0.6 is 0 Å². The fourth-order valence-electron chi connectivity index (χ4n) is 1.24. The number of anilines is 1. The van der Waals surface area contributed by atoms with Crippen LogP contribution in [0.4, 0.5) is 11.4 Å². The second-order valence-corrected chi connectivity index (χ2v) is 5.73. The highest BCUT2D eigenvalue weighted by Gasteiger charge is 2.08. The molecule has 0 aliphatic carbocycles. The van der Waals surface area contributed by atoms with Crippen molar-refractivity contribution in [1.82, 2.24) is 0 Å². The lowest BCUT2D eigenvalue weighted by Crippen LogP contribution is -1.96. The zero-order valence-electron chi connectivity index (χ0n) is 10.6. The summed E-state index contributed by atoms with van der Waals surface area (Å²) in [5, 5.41) is 0. The summed E-state index contributed by atoms with van der Waals surface area (Å²) in [6.45, 7) is 0. The van der Waals surface area contributed by atoms with Gasteiger partial charge in [-0.3, -0.25) is 4.55 Å². The van der Waals surface area contributed by atoms with Crippen LogP contribution in [0.5, 0.6) is 0 Å². The molecule has 0 saturated heterocycles. The van der Waals surface area contributed by atoms with Gasteiger partial charge in [-0.2, -0.15) is 16.8 Å². The van der Waals surface area contributed by atoms with Gasteiger partial charge in [0.1, 0.15) is 0 Å². The predicted molar refractivity (Wildman–Crippen MR) is 78.1 cm³/mol. The van der Waals surface area contributed by atoms with Crippen molar-refractivity contribution in [3.63, 3.8) is 0 Å². The molecule has 2 aromatic carbocycles. The summed E-state index contributed by atoms with van der Waals surface area (Å²) in [6, 6.07) is 14.1. The number of hydrogen-bond donors (Lipinski definition) is 2. The van der Waals surface area contributed by atoms with Crippen LogP contribution in [0, 0.1) is 0 Å². The van der Waals surface area contributed by atoms with Crippen LogP contribution in [0.3, 0.4) is 0 Å². The van der Waals surface area contributed by atoms with Gasteiger partial charge in [-0.1, -0.05) is 24.3 Å². The molecule has 112 valence electrons. The van der Waals surface area contributed by atoms with Gasteiger partial charge in [0.15, 0.2) is 0 Å². The van der Waals surface area contributed by atoms with Gasteiger partial charge in [0.2, 0.25) is 0 Å². The van der Waals surface area contributed by atoms with Crippen LogP contribution in [0.1, 0.15) is 0 Å². The van der Waals surface area contributed by atoms with Gasteiger partial charge in [0.25, 0.3) is 10.1 Å². The van der Waals surface area contributed by atoms with Crippen molar-refractivity contribution in [3.8, 4) is 0 Å². The molecule has 2 rings (SSSR count). The molecule has 9 heteroatoms. The summed E-state index contributed by atoms with van der Waals surface area (Å²) in [6.07, 6.45) is 0. The minimum atomic E-state index is -4.32. The zero-order chi connectivity index (χ0) is 15.9. The number of nitrogens with zero attached hydrogens (tertiary/aromatic N) is 1. The molecule has 0 spiro atoms. The van der Waals surface area contributed by atoms with E-state index in [-0.39, 0.29) is 5.69 Å². The molecular weight excluding hydrogens is 316 g/mol. The van der Waals surface area contributed by atoms with E-state index < -0.39 is 25.5 Å². The standard InChI is InChI=1S/C6H5NO5S2.C6H7N/c8-13(9)7-5-2-1-3-6(4-5)14(10,11)12;7-6-4-2-1-3-5-6/h1-4H,(H,10,11,12);1-5H,7H2. The van der Waals surface area contributed by atoms with Crippen molar-refractivity contribution in [3.05, 3.63) is 54.6 Å². The first-order valence-corrected chi connectivity index (χ1v) is 7.95. The number of para-hydroxylation sites is 1. The third-order valence-electron chi connectivity index (χ3n) is 2.09. The largest absolute Gasteiger partial charge is 0.399 e. The summed E-state index contributed by atoms with van der Waals surface area (Å²) in [7, 11) is -6.98. The second kappa shape index (κ2) is 7.53. The Morgan fingerprint density at radius 3 is 2.05 bits per heavy atom. The van der Waals surface area contributed by atoms with Crippen molar-refractivity contribution in [2.24, 2.45) is 4.36 Å². The van der Waals surface area contributed by atoms with E-state index in [9.17, 15) is 16.8 Å². The Morgan fingerprint density at radius 1 is 1.00 bits per heavy atom. The van der Waals surface area contributed by atoms with Crippen LogP contribution in [-0.2, 0) is 20.6 Å². The average Bonchev–Trinajstić information content (AvgIpc) is 2.39. The SMILES string of the molecule is Nc1ccccc1.O=S(=O)=Nc1cccc(S(=O)(=O)O)c1. The number of rotatable bonds is 2. The summed E-state index contributed by atoms with van der Waals surface area (Å²) < 4.78 is 53.3. The highest BCUT2D eigenvalue weighted by molar-refractivity contribution is 7.85. The van der Waals surface area contributed by atoms with E-state index in [0.29, 0.717) is 0 Å². The fourth-order valence-corrected chi connectivity index (χ4v) is 2.05. The van der Waals surface area contributed by atoms with Crippen LogP contribution in [0.25, 0.3) is 0 Å². The monoisotopic (exact) mass is 328 g/mol. The predicted octanol–water partition coefficient (Wildman–Crippen LogP) is 1.90. The number of nitrogens with two attached hydrogens (primary N) is 1. The van der Waals surface area contributed by atoms with Crippen molar-refractivity contribution in [2.45, 2.75) is 4.90 Å². The Bertz CT molecular complexity index is 823. The summed E-state index contributed by atoms with van der Waals surface area (Å²) in [5.74, 6) is 0. The van der Waals surface area contributed by atoms with Gasteiger partial charge in [0.05, 0.1) is 10.6 Å². The smallest absolute Gasteiger partial charge is 0.316 e. The van der Waals surface area contributed by atoms with E-state index in [1.165, 1.54) is 12.1 Å². The van der Waals surface area contributed by atoms with Crippen molar-refractivity contribution in [1.29, 1.82) is 0 Å². The van der Waals surface area contributed by atoms with Crippen molar-refractivity contribution in [2.75, 3.05) is 5.73 Å². The molecule has 0 aliphatic rings. The normalized spacial score (nSPS) is 10.1. The van der Waals surface area contributed by atoms with Gasteiger partial charge in [0, 0.05) is 5.69 Å². The molecule has 0 amide bonds. The molecule has 0 fully saturated rings. The van der Waals surface area contributed by atoms with E-state index in [4.69, 9.17) is 10.3 Å². The lowest BCUT2D eigenvalue weighted by molar-refractivity contribution is 0.483. The van der Waals surface area contributed by atoms with Crippen molar-refractivity contribution < 1.29 is 21.4 Å². The van der Waals surface area contributed by atoms with Crippen molar-refractivity contribution >= 4 is 32.0 Å². The molecule has 21 heavy (non-hydrogen) atoms. The fraction of sp³-hybridized carbons (Fsp3) is 0. The topological polar surface area (TPSA) is 127 Å². The van der Waals surface area contributed by atoms with Gasteiger partial charge >= 0.3 is 10.5 Å². The first-order valence-electron chi connectivity index (χ1n) is 5.48. The molecule has 3 N–H and O–H groups in total. The first-order chi connectivity index (χ1) is 9.79.